The highest BCUT2D eigenvalue weighted by Crippen LogP contribution is 2.17. The van der Waals surface area contributed by atoms with E-state index in [0.717, 1.165) is 12.2 Å². The third-order valence-corrected chi connectivity index (χ3v) is 2.78. The van der Waals surface area contributed by atoms with Crippen molar-refractivity contribution in [1.82, 2.24) is 9.88 Å². The van der Waals surface area contributed by atoms with E-state index in [0.29, 0.717) is 13.1 Å². The Kier molecular flexibility index (Phi) is 3.58. The molecule has 1 saturated heterocycles. The van der Waals surface area contributed by atoms with Gasteiger partial charge in [-0.2, -0.15) is 0 Å². The summed E-state index contributed by atoms with van der Waals surface area (Å²) < 4.78 is 5.74. The molecule has 1 amide bonds. The lowest BCUT2D eigenvalue weighted by molar-refractivity contribution is -0.131. The van der Waals surface area contributed by atoms with Crippen LogP contribution in [0.1, 0.15) is 13.3 Å². The zero-order valence-corrected chi connectivity index (χ0v) is 9.87. The number of nitrogens with two attached hydrogens (primary N) is 1. The zero-order chi connectivity index (χ0) is 12.3. The van der Waals surface area contributed by atoms with E-state index in [1.165, 1.54) is 0 Å². The largest absolute Gasteiger partial charge is 0.487 e. The van der Waals surface area contributed by atoms with Gasteiger partial charge in [-0.25, -0.2) is 0 Å². The third kappa shape index (κ3) is 2.94. The van der Waals surface area contributed by atoms with Gasteiger partial charge in [0.1, 0.15) is 11.9 Å². The number of hydrogen-bond donors (Lipinski definition) is 1. The normalized spacial score (nSPS) is 21.3. The van der Waals surface area contributed by atoms with Crippen LogP contribution in [0.15, 0.2) is 24.5 Å². The SMILES string of the molecule is C[C@@H](N)C(=O)N1CC[C@@H](Oc2cccnc2)C1. The summed E-state index contributed by atoms with van der Waals surface area (Å²) in [5.74, 6) is 0.731. The van der Waals surface area contributed by atoms with Gasteiger partial charge >= 0.3 is 0 Å². The van der Waals surface area contributed by atoms with Gasteiger partial charge in [0.25, 0.3) is 0 Å². The number of rotatable bonds is 3. The van der Waals surface area contributed by atoms with E-state index in [4.69, 9.17) is 10.5 Å². The summed E-state index contributed by atoms with van der Waals surface area (Å²) in [5, 5.41) is 0. The summed E-state index contributed by atoms with van der Waals surface area (Å²) in [6, 6.07) is 3.25. The molecule has 5 heteroatoms. The number of ether oxygens (including phenoxy) is 1. The summed E-state index contributed by atoms with van der Waals surface area (Å²) in [5.41, 5.74) is 5.57. The lowest BCUT2D eigenvalue weighted by Gasteiger charge is -2.18. The van der Waals surface area contributed by atoms with E-state index >= 15 is 0 Å². The van der Waals surface area contributed by atoms with E-state index < -0.39 is 6.04 Å². The lowest BCUT2D eigenvalue weighted by atomic mass is 10.3. The quantitative estimate of drug-likeness (QED) is 0.823. The number of likely N-dealkylation sites (tertiary alicyclic amines) is 1. The second-order valence-corrected chi connectivity index (χ2v) is 4.29. The van der Waals surface area contributed by atoms with Crippen LogP contribution in [0.25, 0.3) is 0 Å². The minimum absolute atomic E-state index is 0.0118. The molecule has 0 saturated carbocycles. The van der Waals surface area contributed by atoms with Crippen LogP contribution in [0.3, 0.4) is 0 Å². The number of pyridine rings is 1. The molecule has 0 aromatic carbocycles. The van der Waals surface area contributed by atoms with Crippen molar-refractivity contribution in [3.05, 3.63) is 24.5 Å². The molecule has 1 aromatic rings. The number of amides is 1. The molecule has 92 valence electrons. The Balaban J connectivity index is 1.88. The summed E-state index contributed by atoms with van der Waals surface area (Å²) in [7, 11) is 0. The average molecular weight is 235 g/mol. The highest BCUT2D eigenvalue weighted by Gasteiger charge is 2.28. The predicted octanol–water partition coefficient (Wildman–Crippen LogP) is 0.408. The molecule has 17 heavy (non-hydrogen) atoms. The molecule has 1 fully saturated rings. The van der Waals surface area contributed by atoms with Crippen LogP contribution in [0, 0.1) is 0 Å². The van der Waals surface area contributed by atoms with Crippen LogP contribution in [0.4, 0.5) is 0 Å². The van der Waals surface area contributed by atoms with Crippen molar-refractivity contribution in [3.63, 3.8) is 0 Å². The summed E-state index contributed by atoms with van der Waals surface area (Å²) in [4.78, 5) is 17.4. The molecule has 2 N–H and O–H groups in total. The molecule has 5 nitrogen and oxygen atoms in total. The Morgan fingerprint density at radius 3 is 3.18 bits per heavy atom. The van der Waals surface area contributed by atoms with Crippen LogP contribution in [-0.4, -0.2) is 41.0 Å². The molecule has 0 bridgehead atoms. The second kappa shape index (κ2) is 5.14. The molecule has 1 aromatic heterocycles. The fourth-order valence-electron chi connectivity index (χ4n) is 1.92. The Morgan fingerprint density at radius 2 is 2.53 bits per heavy atom. The number of hydrogen-bond acceptors (Lipinski definition) is 4. The van der Waals surface area contributed by atoms with Crippen LogP contribution in [-0.2, 0) is 4.79 Å². The van der Waals surface area contributed by atoms with Gasteiger partial charge in [0.05, 0.1) is 18.8 Å². The first kappa shape index (κ1) is 11.9. The second-order valence-electron chi connectivity index (χ2n) is 4.29. The number of carbonyl (C=O) groups is 1. The molecular formula is C12H17N3O2. The Morgan fingerprint density at radius 1 is 1.71 bits per heavy atom. The molecule has 0 aliphatic carbocycles. The van der Waals surface area contributed by atoms with Crippen LogP contribution >= 0.6 is 0 Å². The van der Waals surface area contributed by atoms with Crippen molar-refractivity contribution in [3.8, 4) is 5.75 Å². The van der Waals surface area contributed by atoms with Gasteiger partial charge in [-0.1, -0.05) is 0 Å². The molecule has 2 atom stereocenters. The van der Waals surface area contributed by atoms with Gasteiger partial charge < -0.3 is 15.4 Å². The Bertz CT molecular complexity index is 381. The predicted molar refractivity (Wildman–Crippen MR) is 63.5 cm³/mol. The fourth-order valence-corrected chi connectivity index (χ4v) is 1.92. The van der Waals surface area contributed by atoms with Gasteiger partial charge in [-0.15, -0.1) is 0 Å². The maximum absolute atomic E-state index is 11.7. The highest BCUT2D eigenvalue weighted by molar-refractivity contribution is 5.81. The zero-order valence-electron chi connectivity index (χ0n) is 9.87. The van der Waals surface area contributed by atoms with E-state index in [-0.39, 0.29) is 12.0 Å². The van der Waals surface area contributed by atoms with E-state index in [1.54, 1.807) is 24.2 Å². The molecule has 0 radical (unpaired) electrons. The minimum atomic E-state index is -0.438. The van der Waals surface area contributed by atoms with Gasteiger partial charge in [-0.3, -0.25) is 9.78 Å². The number of aromatic nitrogens is 1. The van der Waals surface area contributed by atoms with Crippen molar-refractivity contribution >= 4 is 5.91 Å². The van der Waals surface area contributed by atoms with Crippen LogP contribution < -0.4 is 10.5 Å². The van der Waals surface area contributed by atoms with E-state index in [2.05, 4.69) is 4.98 Å². The number of nitrogens with zero attached hydrogens (tertiary/aromatic N) is 2. The van der Waals surface area contributed by atoms with Crippen LogP contribution in [0.5, 0.6) is 5.75 Å². The first-order valence-corrected chi connectivity index (χ1v) is 5.78. The molecule has 2 rings (SSSR count). The van der Waals surface area contributed by atoms with Crippen molar-refractivity contribution in [2.75, 3.05) is 13.1 Å². The summed E-state index contributed by atoms with van der Waals surface area (Å²) in [6.45, 7) is 3.03. The van der Waals surface area contributed by atoms with E-state index in [9.17, 15) is 4.79 Å². The Hall–Kier alpha value is -1.62. The minimum Gasteiger partial charge on any atom is -0.487 e. The topological polar surface area (TPSA) is 68.5 Å². The maximum atomic E-state index is 11.7. The van der Waals surface area contributed by atoms with Gasteiger partial charge in [0, 0.05) is 19.2 Å². The van der Waals surface area contributed by atoms with Gasteiger partial charge in [0.2, 0.25) is 5.91 Å². The smallest absolute Gasteiger partial charge is 0.239 e. The molecular weight excluding hydrogens is 218 g/mol. The summed E-state index contributed by atoms with van der Waals surface area (Å²) in [6.07, 6.45) is 4.26. The van der Waals surface area contributed by atoms with Crippen molar-refractivity contribution in [1.29, 1.82) is 0 Å². The van der Waals surface area contributed by atoms with Gasteiger partial charge in [0.15, 0.2) is 0 Å². The first-order valence-electron chi connectivity index (χ1n) is 5.78. The van der Waals surface area contributed by atoms with Crippen LogP contribution in [0.2, 0.25) is 0 Å². The van der Waals surface area contributed by atoms with Crippen molar-refractivity contribution in [2.24, 2.45) is 5.73 Å². The summed E-state index contributed by atoms with van der Waals surface area (Å²) >= 11 is 0. The fraction of sp³-hybridized carbons (Fsp3) is 0.500. The molecule has 1 aliphatic heterocycles. The maximum Gasteiger partial charge on any atom is 0.239 e. The molecule has 0 spiro atoms. The van der Waals surface area contributed by atoms with Crippen molar-refractivity contribution in [2.45, 2.75) is 25.5 Å². The molecule has 1 aliphatic rings. The van der Waals surface area contributed by atoms with Gasteiger partial charge in [-0.05, 0) is 19.1 Å². The van der Waals surface area contributed by atoms with E-state index in [1.807, 2.05) is 12.1 Å². The van der Waals surface area contributed by atoms with Crippen molar-refractivity contribution < 1.29 is 9.53 Å². The lowest BCUT2D eigenvalue weighted by Crippen LogP contribution is -2.41. The number of carbonyl (C=O) groups excluding carboxylic acids is 1. The monoisotopic (exact) mass is 235 g/mol. The first-order chi connectivity index (χ1) is 8.16. The highest BCUT2D eigenvalue weighted by atomic mass is 16.5. The molecule has 0 unspecified atom stereocenters. The third-order valence-electron chi connectivity index (χ3n) is 2.78. The Labute approximate surface area is 101 Å². The standard InChI is InChI=1S/C12H17N3O2/c1-9(13)12(16)15-6-4-11(8-15)17-10-3-2-5-14-7-10/h2-3,5,7,9,11H,4,6,8,13H2,1H3/t9-,11-/m1/s1. The average Bonchev–Trinajstić information content (AvgIpc) is 2.77. The molecule has 2 heterocycles.